The van der Waals surface area contributed by atoms with Crippen molar-refractivity contribution >= 4 is 23.3 Å². The molecule has 7 heteroatoms. The number of aryl methyl sites for hydroxylation is 1. The maximum Gasteiger partial charge on any atom is 0.253 e. The Bertz CT molecular complexity index is 1190. The van der Waals surface area contributed by atoms with E-state index in [4.69, 9.17) is 9.47 Å². The second kappa shape index (κ2) is 12.4. The van der Waals surface area contributed by atoms with Crippen molar-refractivity contribution in [1.29, 1.82) is 0 Å². The van der Waals surface area contributed by atoms with E-state index in [-0.39, 0.29) is 24.0 Å². The molecule has 3 aromatic rings. The van der Waals surface area contributed by atoms with Crippen molar-refractivity contribution in [3.63, 3.8) is 0 Å². The summed E-state index contributed by atoms with van der Waals surface area (Å²) >= 11 is 0. The zero-order valence-electron chi connectivity index (χ0n) is 20.2. The van der Waals surface area contributed by atoms with Crippen molar-refractivity contribution < 1.29 is 23.9 Å². The number of hydrogen-bond donors (Lipinski definition) is 2. The number of ether oxygens (including phenoxy) is 2. The van der Waals surface area contributed by atoms with Crippen LogP contribution in [0.5, 0.6) is 11.5 Å². The molecule has 0 radical (unpaired) electrons. The summed E-state index contributed by atoms with van der Waals surface area (Å²) in [5.41, 5.74) is 3.55. The molecule has 7 nitrogen and oxygen atoms in total. The SMILES string of the molecule is COc1cc(C(C)=O)ccc1OCCCC(=O)Nc1ccccc1C(=O)NCc1ccc(C)cc1. The summed E-state index contributed by atoms with van der Waals surface area (Å²) in [4.78, 5) is 36.7. The lowest BCUT2D eigenvalue weighted by atomic mass is 10.1. The molecule has 0 fully saturated rings. The summed E-state index contributed by atoms with van der Waals surface area (Å²) in [6, 6.07) is 19.8. The van der Waals surface area contributed by atoms with Crippen LogP contribution in [0.25, 0.3) is 0 Å². The van der Waals surface area contributed by atoms with Gasteiger partial charge in [-0.3, -0.25) is 14.4 Å². The number of ketones is 1. The second-order valence-corrected chi connectivity index (χ2v) is 8.14. The fourth-order valence-corrected chi connectivity index (χ4v) is 3.41. The first-order chi connectivity index (χ1) is 16.9. The van der Waals surface area contributed by atoms with Crippen molar-refractivity contribution in [2.75, 3.05) is 19.0 Å². The van der Waals surface area contributed by atoms with Crippen LogP contribution in [-0.4, -0.2) is 31.3 Å². The summed E-state index contributed by atoms with van der Waals surface area (Å²) in [5.74, 6) is 0.439. The Morgan fingerprint density at radius 1 is 0.914 bits per heavy atom. The van der Waals surface area contributed by atoms with Gasteiger partial charge in [0.25, 0.3) is 5.91 Å². The number of nitrogens with one attached hydrogen (secondary N) is 2. The third kappa shape index (κ3) is 7.43. The van der Waals surface area contributed by atoms with E-state index in [9.17, 15) is 14.4 Å². The van der Waals surface area contributed by atoms with Gasteiger partial charge >= 0.3 is 0 Å². The molecule has 0 spiro atoms. The highest BCUT2D eigenvalue weighted by Crippen LogP contribution is 2.28. The van der Waals surface area contributed by atoms with E-state index >= 15 is 0 Å². The van der Waals surface area contributed by atoms with E-state index in [1.165, 1.54) is 14.0 Å². The van der Waals surface area contributed by atoms with Gasteiger partial charge in [0, 0.05) is 18.5 Å². The van der Waals surface area contributed by atoms with Gasteiger partial charge in [0.15, 0.2) is 17.3 Å². The van der Waals surface area contributed by atoms with Crippen molar-refractivity contribution in [3.05, 3.63) is 89.0 Å². The number of amides is 2. The van der Waals surface area contributed by atoms with Crippen LogP contribution in [0.3, 0.4) is 0 Å². The third-order valence-corrected chi connectivity index (χ3v) is 5.40. The van der Waals surface area contributed by atoms with E-state index in [2.05, 4.69) is 10.6 Å². The number of carbonyl (C=O) groups excluding carboxylic acids is 3. The standard InChI is InChI=1S/C28H30N2O5/c1-19-10-12-21(13-11-19)18-29-28(33)23-7-4-5-8-24(23)30-27(32)9-6-16-35-25-15-14-22(20(2)31)17-26(25)34-3/h4-5,7-8,10-15,17H,6,9,16,18H2,1-3H3,(H,29,33)(H,30,32). The lowest BCUT2D eigenvalue weighted by Crippen LogP contribution is -2.25. The molecule has 0 bridgehead atoms. The van der Waals surface area contributed by atoms with E-state index < -0.39 is 0 Å². The average Bonchev–Trinajstić information content (AvgIpc) is 2.86. The lowest BCUT2D eigenvalue weighted by molar-refractivity contribution is -0.116. The highest BCUT2D eigenvalue weighted by Gasteiger charge is 2.13. The first kappa shape index (κ1) is 25.5. The molecule has 3 rings (SSSR count). The molecule has 0 saturated carbocycles. The molecular formula is C28H30N2O5. The Labute approximate surface area is 205 Å². The van der Waals surface area contributed by atoms with Crippen LogP contribution in [0.4, 0.5) is 5.69 Å². The minimum Gasteiger partial charge on any atom is -0.493 e. The van der Waals surface area contributed by atoms with Crippen molar-refractivity contribution in [2.45, 2.75) is 33.2 Å². The van der Waals surface area contributed by atoms with E-state index in [0.717, 1.165) is 11.1 Å². The first-order valence-electron chi connectivity index (χ1n) is 11.4. The van der Waals surface area contributed by atoms with Crippen LogP contribution in [0.2, 0.25) is 0 Å². The fourth-order valence-electron chi connectivity index (χ4n) is 3.41. The van der Waals surface area contributed by atoms with Crippen molar-refractivity contribution in [1.82, 2.24) is 5.32 Å². The molecule has 35 heavy (non-hydrogen) atoms. The van der Waals surface area contributed by atoms with Gasteiger partial charge in [-0.1, -0.05) is 42.0 Å². The van der Waals surface area contributed by atoms with Gasteiger partial charge in [0.1, 0.15) is 0 Å². The topological polar surface area (TPSA) is 93.7 Å². The number of hydrogen-bond acceptors (Lipinski definition) is 5. The molecule has 2 amide bonds. The average molecular weight is 475 g/mol. The van der Waals surface area contributed by atoms with Crippen LogP contribution in [0.15, 0.2) is 66.7 Å². The number of benzene rings is 3. The Balaban J connectivity index is 1.50. The molecule has 2 N–H and O–H groups in total. The molecule has 0 saturated heterocycles. The van der Waals surface area contributed by atoms with E-state index in [1.54, 1.807) is 42.5 Å². The van der Waals surface area contributed by atoms with Gasteiger partial charge in [-0.2, -0.15) is 0 Å². The monoisotopic (exact) mass is 474 g/mol. The maximum absolute atomic E-state index is 12.7. The van der Waals surface area contributed by atoms with Crippen molar-refractivity contribution in [3.8, 4) is 11.5 Å². The van der Waals surface area contributed by atoms with Gasteiger partial charge in [-0.15, -0.1) is 0 Å². The molecule has 0 aliphatic rings. The zero-order valence-corrected chi connectivity index (χ0v) is 20.2. The zero-order chi connectivity index (χ0) is 25.2. The van der Waals surface area contributed by atoms with E-state index in [1.807, 2.05) is 31.2 Å². The summed E-state index contributed by atoms with van der Waals surface area (Å²) < 4.78 is 11.0. The Morgan fingerprint density at radius 3 is 2.37 bits per heavy atom. The number of carbonyl (C=O) groups is 3. The smallest absolute Gasteiger partial charge is 0.253 e. The maximum atomic E-state index is 12.7. The van der Waals surface area contributed by atoms with Gasteiger partial charge in [-0.05, 0) is 56.2 Å². The number of methoxy groups -OCH3 is 1. The predicted octanol–water partition coefficient (Wildman–Crippen LogP) is 4.93. The summed E-state index contributed by atoms with van der Waals surface area (Å²) in [6.45, 7) is 4.19. The van der Waals surface area contributed by atoms with Crippen LogP contribution < -0.4 is 20.1 Å². The second-order valence-electron chi connectivity index (χ2n) is 8.14. The van der Waals surface area contributed by atoms with Gasteiger partial charge in [0.2, 0.25) is 5.91 Å². The van der Waals surface area contributed by atoms with Crippen LogP contribution in [0.1, 0.15) is 51.6 Å². The molecule has 182 valence electrons. The van der Waals surface area contributed by atoms with Gasteiger partial charge < -0.3 is 20.1 Å². The fraction of sp³-hybridized carbons (Fsp3) is 0.250. The Hall–Kier alpha value is -4.13. The number of Topliss-reactive ketones (excluding diaryl/α,β-unsaturated/α-hetero) is 1. The van der Waals surface area contributed by atoms with Crippen molar-refractivity contribution in [2.24, 2.45) is 0 Å². The van der Waals surface area contributed by atoms with Crippen LogP contribution in [0, 0.1) is 6.92 Å². The van der Waals surface area contributed by atoms with E-state index in [0.29, 0.717) is 47.9 Å². The molecule has 0 unspecified atom stereocenters. The molecule has 0 atom stereocenters. The summed E-state index contributed by atoms with van der Waals surface area (Å²) in [6.07, 6.45) is 0.679. The summed E-state index contributed by atoms with van der Waals surface area (Å²) in [7, 11) is 1.51. The number of anilines is 1. The largest absolute Gasteiger partial charge is 0.493 e. The molecule has 0 aliphatic heterocycles. The van der Waals surface area contributed by atoms with Gasteiger partial charge in [0.05, 0.1) is 25.0 Å². The lowest BCUT2D eigenvalue weighted by Gasteiger charge is -2.13. The Morgan fingerprint density at radius 2 is 1.66 bits per heavy atom. The highest BCUT2D eigenvalue weighted by atomic mass is 16.5. The van der Waals surface area contributed by atoms with Crippen LogP contribution >= 0.6 is 0 Å². The molecule has 0 heterocycles. The molecule has 0 aliphatic carbocycles. The molecule has 0 aromatic heterocycles. The molecule has 3 aromatic carbocycles. The van der Waals surface area contributed by atoms with Gasteiger partial charge in [-0.25, -0.2) is 0 Å². The quantitative estimate of drug-likeness (QED) is 0.303. The third-order valence-electron chi connectivity index (χ3n) is 5.40. The normalized spacial score (nSPS) is 10.4. The first-order valence-corrected chi connectivity index (χ1v) is 11.4. The van der Waals surface area contributed by atoms with Crippen LogP contribution in [-0.2, 0) is 11.3 Å². The number of rotatable bonds is 11. The minimum atomic E-state index is -0.258. The number of para-hydroxylation sites is 1. The Kier molecular flexibility index (Phi) is 9.01. The molecular weight excluding hydrogens is 444 g/mol. The minimum absolute atomic E-state index is 0.0596. The predicted molar refractivity (Wildman–Crippen MR) is 135 cm³/mol. The highest BCUT2D eigenvalue weighted by molar-refractivity contribution is 6.03. The summed E-state index contributed by atoms with van der Waals surface area (Å²) in [5, 5.41) is 5.72.